The fourth-order valence-corrected chi connectivity index (χ4v) is 5.05. The van der Waals surface area contributed by atoms with Crippen molar-refractivity contribution in [2.24, 2.45) is 5.92 Å². The molecule has 2 aliphatic rings. The molecule has 1 aliphatic carbocycles. The molecule has 29 heavy (non-hydrogen) atoms. The number of fused-ring (bicyclic) bond motifs is 1. The van der Waals surface area contributed by atoms with E-state index in [2.05, 4.69) is 24.0 Å². The summed E-state index contributed by atoms with van der Waals surface area (Å²) in [5, 5.41) is 10.5. The van der Waals surface area contributed by atoms with Gasteiger partial charge in [-0.15, -0.1) is 0 Å². The lowest BCUT2D eigenvalue weighted by Crippen LogP contribution is -2.38. The highest BCUT2D eigenvalue weighted by atomic mass is 35.5. The summed E-state index contributed by atoms with van der Waals surface area (Å²) in [7, 11) is 0. The van der Waals surface area contributed by atoms with Crippen molar-refractivity contribution < 1.29 is 14.6 Å². The largest absolute Gasteiger partial charge is 0.489 e. The highest BCUT2D eigenvalue weighted by molar-refractivity contribution is 6.35. The molecule has 4 rings (SSSR count). The second-order valence-electron chi connectivity index (χ2n) is 8.01. The number of piperidine rings is 1. The summed E-state index contributed by atoms with van der Waals surface area (Å²) in [5.74, 6) is 0.0129. The molecule has 0 saturated carbocycles. The molecule has 154 valence electrons. The third kappa shape index (κ3) is 4.25. The number of benzene rings is 2. The minimum Gasteiger partial charge on any atom is -0.489 e. The molecule has 1 aliphatic heterocycles. The summed E-state index contributed by atoms with van der Waals surface area (Å²) >= 11 is 12.5. The van der Waals surface area contributed by atoms with E-state index in [1.807, 2.05) is 18.2 Å². The van der Waals surface area contributed by atoms with Gasteiger partial charge in [0.15, 0.2) is 0 Å². The molecule has 0 spiro atoms. The van der Waals surface area contributed by atoms with Gasteiger partial charge in [0.1, 0.15) is 12.4 Å². The van der Waals surface area contributed by atoms with Crippen molar-refractivity contribution in [2.45, 2.75) is 45.3 Å². The zero-order valence-electron chi connectivity index (χ0n) is 16.5. The molecule has 1 fully saturated rings. The number of aryl methyl sites for hydroxylation is 2. The summed E-state index contributed by atoms with van der Waals surface area (Å²) < 4.78 is 6.08. The van der Waals surface area contributed by atoms with Gasteiger partial charge in [-0.3, -0.25) is 9.69 Å². The fraction of sp³-hybridized carbons (Fsp3) is 0.435. The number of likely N-dealkylation sites (tertiary alicyclic amines) is 1. The Kier molecular flexibility index (Phi) is 6.05. The number of ether oxygens (including phenoxy) is 1. The maximum absolute atomic E-state index is 11.2. The quantitative estimate of drug-likeness (QED) is 0.659. The van der Waals surface area contributed by atoms with Crippen LogP contribution < -0.4 is 4.74 Å². The van der Waals surface area contributed by atoms with Crippen LogP contribution in [0, 0.1) is 12.8 Å². The first-order valence-corrected chi connectivity index (χ1v) is 10.9. The molecule has 2 aromatic rings. The van der Waals surface area contributed by atoms with Crippen molar-refractivity contribution in [2.75, 3.05) is 13.1 Å². The second kappa shape index (κ2) is 8.55. The van der Waals surface area contributed by atoms with Gasteiger partial charge in [-0.25, -0.2) is 0 Å². The van der Waals surface area contributed by atoms with E-state index in [-0.39, 0.29) is 5.92 Å². The zero-order chi connectivity index (χ0) is 20.5. The minimum absolute atomic E-state index is 0.193. The van der Waals surface area contributed by atoms with Crippen molar-refractivity contribution in [3.63, 3.8) is 0 Å². The summed E-state index contributed by atoms with van der Waals surface area (Å²) in [5.41, 5.74) is 4.58. The van der Waals surface area contributed by atoms with Gasteiger partial charge in [0, 0.05) is 21.7 Å². The van der Waals surface area contributed by atoms with Crippen LogP contribution in [-0.2, 0) is 17.8 Å². The normalized spacial score (nSPS) is 19.9. The van der Waals surface area contributed by atoms with E-state index in [0.29, 0.717) is 22.7 Å². The lowest BCUT2D eigenvalue weighted by atomic mass is 9.94. The number of hydrogen-bond donors (Lipinski definition) is 1. The number of carbonyl (C=O) groups is 1. The van der Waals surface area contributed by atoms with Gasteiger partial charge in [0.05, 0.1) is 5.92 Å². The Morgan fingerprint density at radius 3 is 2.52 bits per heavy atom. The molecule has 0 amide bonds. The Morgan fingerprint density at radius 2 is 1.86 bits per heavy atom. The van der Waals surface area contributed by atoms with Crippen LogP contribution in [0.1, 0.15) is 47.6 Å². The van der Waals surface area contributed by atoms with Gasteiger partial charge < -0.3 is 9.84 Å². The third-order valence-electron chi connectivity index (χ3n) is 6.24. The number of carboxylic acids is 1. The van der Waals surface area contributed by atoms with E-state index in [1.165, 1.54) is 11.1 Å². The van der Waals surface area contributed by atoms with E-state index >= 15 is 0 Å². The number of aliphatic carboxylic acids is 1. The number of carboxylic acid groups (broad SMARTS) is 1. The molecule has 6 heteroatoms. The summed E-state index contributed by atoms with van der Waals surface area (Å²) in [4.78, 5) is 13.7. The van der Waals surface area contributed by atoms with Gasteiger partial charge in [-0.05, 0) is 80.6 Å². The predicted octanol–water partition coefficient (Wildman–Crippen LogP) is 5.66. The molecule has 0 radical (unpaired) electrons. The van der Waals surface area contributed by atoms with Crippen LogP contribution >= 0.6 is 23.2 Å². The van der Waals surface area contributed by atoms with Crippen LogP contribution in [0.3, 0.4) is 0 Å². The van der Waals surface area contributed by atoms with E-state index in [0.717, 1.165) is 55.6 Å². The van der Waals surface area contributed by atoms with Crippen molar-refractivity contribution >= 4 is 29.2 Å². The molecule has 1 saturated heterocycles. The minimum atomic E-state index is -0.660. The molecular weight excluding hydrogens is 409 g/mol. The van der Waals surface area contributed by atoms with Crippen LogP contribution in [0.15, 0.2) is 30.3 Å². The molecule has 0 bridgehead atoms. The van der Waals surface area contributed by atoms with E-state index in [9.17, 15) is 9.90 Å². The molecule has 1 atom stereocenters. The van der Waals surface area contributed by atoms with Crippen molar-refractivity contribution in [1.29, 1.82) is 0 Å². The SMILES string of the molecule is Cc1cc2c(cc1OCc1c(Cl)cccc1Cl)CCC2N1CCC(C(=O)O)CC1. The van der Waals surface area contributed by atoms with E-state index in [4.69, 9.17) is 27.9 Å². The van der Waals surface area contributed by atoms with Crippen LogP contribution in [0.4, 0.5) is 0 Å². The Bertz CT molecular complexity index is 902. The fourth-order valence-electron chi connectivity index (χ4n) is 4.54. The molecular formula is C23H25Cl2NO3. The monoisotopic (exact) mass is 433 g/mol. The van der Waals surface area contributed by atoms with Crippen molar-refractivity contribution in [1.82, 2.24) is 4.90 Å². The van der Waals surface area contributed by atoms with Crippen molar-refractivity contribution in [3.8, 4) is 5.75 Å². The maximum atomic E-state index is 11.2. The maximum Gasteiger partial charge on any atom is 0.306 e. The molecule has 0 aromatic heterocycles. The summed E-state index contributed by atoms with van der Waals surface area (Å²) in [6.45, 7) is 4.10. The van der Waals surface area contributed by atoms with Crippen LogP contribution in [0.2, 0.25) is 10.0 Å². The Morgan fingerprint density at radius 1 is 1.17 bits per heavy atom. The number of rotatable bonds is 5. The third-order valence-corrected chi connectivity index (χ3v) is 6.94. The van der Waals surface area contributed by atoms with Crippen LogP contribution in [0.25, 0.3) is 0 Å². The van der Waals surface area contributed by atoms with Gasteiger partial charge in [-0.2, -0.15) is 0 Å². The molecule has 2 aromatic carbocycles. The zero-order valence-corrected chi connectivity index (χ0v) is 18.0. The summed E-state index contributed by atoms with van der Waals surface area (Å²) in [6.07, 6.45) is 3.56. The number of halogens is 2. The Labute approximate surface area is 181 Å². The highest BCUT2D eigenvalue weighted by Crippen LogP contribution is 2.41. The van der Waals surface area contributed by atoms with Crippen molar-refractivity contribution in [3.05, 3.63) is 62.6 Å². The van der Waals surface area contributed by atoms with Gasteiger partial charge in [0.2, 0.25) is 0 Å². The average Bonchev–Trinajstić information content (AvgIpc) is 3.10. The van der Waals surface area contributed by atoms with E-state index in [1.54, 1.807) is 0 Å². The topological polar surface area (TPSA) is 49.8 Å². The summed E-state index contributed by atoms with van der Waals surface area (Å²) in [6, 6.07) is 10.2. The van der Waals surface area contributed by atoms with E-state index < -0.39 is 5.97 Å². The molecule has 1 N–H and O–H groups in total. The van der Waals surface area contributed by atoms with Crippen LogP contribution in [0.5, 0.6) is 5.75 Å². The van der Waals surface area contributed by atoms with Gasteiger partial charge >= 0.3 is 5.97 Å². The lowest BCUT2D eigenvalue weighted by Gasteiger charge is -2.35. The Balaban J connectivity index is 1.47. The standard InChI is InChI=1S/C23H25Cl2NO3/c1-14-11-17-16(5-6-21(17)26-9-7-15(8-10-26)23(27)28)12-22(14)29-13-18-19(24)3-2-4-20(18)25/h2-4,11-12,15,21H,5-10,13H2,1H3,(H,27,28). The number of hydrogen-bond acceptors (Lipinski definition) is 3. The second-order valence-corrected chi connectivity index (χ2v) is 8.82. The molecule has 4 nitrogen and oxygen atoms in total. The van der Waals surface area contributed by atoms with Gasteiger partial charge in [-0.1, -0.05) is 35.3 Å². The first-order chi connectivity index (χ1) is 13.9. The predicted molar refractivity (Wildman–Crippen MR) is 115 cm³/mol. The Hall–Kier alpha value is -1.75. The lowest BCUT2D eigenvalue weighted by molar-refractivity contribution is -0.143. The van der Waals surface area contributed by atoms with Gasteiger partial charge in [0.25, 0.3) is 0 Å². The molecule has 1 heterocycles. The number of nitrogens with zero attached hydrogens (tertiary/aromatic N) is 1. The van der Waals surface area contributed by atoms with Crippen LogP contribution in [-0.4, -0.2) is 29.1 Å². The average molecular weight is 434 g/mol. The highest BCUT2D eigenvalue weighted by Gasteiger charge is 2.33. The first kappa shape index (κ1) is 20.5. The smallest absolute Gasteiger partial charge is 0.306 e. The first-order valence-electron chi connectivity index (χ1n) is 10.1. The molecule has 1 unspecified atom stereocenters.